The number of rotatable bonds is 0. The zero-order valence-corrected chi connectivity index (χ0v) is 8.18. The fourth-order valence-corrected chi connectivity index (χ4v) is 2.17. The maximum absolute atomic E-state index is 5.41. The van der Waals surface area contributed by atoms with Gasteiger partial charge in [0.2, 0.25) is 0 Å². The van der Waals surface area contributed by atoms with Gasteiger partial charge in [-0.25, -0.2) is 0 Å². The van der Waals surface area contributed by atoms with E-state index in [-0.39, 0.29) is 0 Å². The minimum Gasteiger partial charge on any atom is -0.381 e. The van der Waals surface area contributed by atoms with Crippen LogP contribution in [0.4, 0.5) is 0 Å². The van der Waals surface area contributed by atoms with Crippen molar-refractivity contribution < 1.29 is 4.74 Å². The van der Waals surface area contributed by atoms with Gasteiger partial charge in [-0.2, -0.15) is 0 Å². The minimum absolute atomic E-state index is 0.462. The molecule has 1 fully saturated rings. The van der Waals surface area contributed by atoms with Crippen LogP contribution >= 0.6 is 0 Å². The standard InChI is InChI=1S/C10H20O/c1-8-7-11-6-5-9(8)10(2,3)4/h8-9H,5-7H2,1-4H3/t8-,9?/m1/s1. The maximum atomic E-state index is 5.41. The van der Waals surface area contributed by atoms with Crippen LogP contribution in [0.3, 0.4) is 0 Å². The first-order chi connectivity index (χ1) is 5.02. The summed E-state index contributed by atoms with van der Waals surface area (Å²) in [6, 6.07) is 0. The van der Waals surface area contributed by atoms with E-state index in [1.54, 1.807) is 0 Å². The molecule has 1 nitrogen and oxygen atoms in total. The Morgan fingerprint density at radius 2 is 1.91 bits per heavy atom. The van der Waals surface area contributed by atoms with Crippen LogP contribution < -0.4 is 0 Å². The highest BCUT2D eigenvalue weighted by Crippen LogP contribution is 2.36. The summed E-state index contributed by atoms with van der Waals surface area (Å²) < 4.78 is 5.41. The Morgan fingerprint density at radius 3 is 2.27 bits per heavy atom. The number of hydrogen-bond acceptors (Lipinski definition) is 1. The third kappa shape index (κ3) is 2.19. The summed E-state index contributed by atoms with van der Waals surface area (Å²) in [4.78, 5) is 0. The molecule has 0 aromatic heterocycles. The van der Waals surface area contributed by atoms with Gasteiger partial charge in [0.25, 0.3) is 0 Å². The molecule has 1 aliphatic heterocycles. The Morgan fingerprint density at radius 1 is 1.27 bits per heavy atom. The average molecular weight is 156 g/mol. The Bertz CT molecular complexity index is 123. The molecule has 0 N–H and O–H groups in total. The average Bonchev–Trinajstić information content (AvgIpc) is 1.86. The molecule has 0 amide bonds. The lowest BCUT2D eigenvalue weighted by molar-refractivity contribution is -0.0153. The molecular weight excluding hydrogens is 136 g/mol. The zero-order chi connectivity index (χ0) is 8.48. The molecule has 0 aromatic carbocycles. The van der Waals surface area contributed by atoms with Crippen LogP contribution in [0.2, 0.25) is 0 Å². The van der Waals surface area contributed by atoms with E-state index < -0.39 is 0 Å². The first-order valence-corrected chi connectivity index (χ1v) is 4.59. The van der Waals surface area contributed by atoms with Crippen molar-refractivity contribution >= 4 is 0 Å². The van der Waals surface area contributed by atoms with Crippen molar-refractivity contribution in [3.8, 4) is 0 Å². The highest BCUT2D eigenvalue weighted by Gasteiger charge is 2.31. The molecular formula is C10H20O. The maximum Gasteiger partial charge on any atom is 0.0494 e. The first kappa shape index (κ1) is 9.05. The van der Waals surface area contributed by atoms with Crippen LogP contribution in [0.25, 0.3) is 0 Å². The lowest BCUT2D eigenvalue weighted by Gasteiger charge is -2.38. The van der Waals surface area contributed by atoms with Gasteiger partial charge < -0.3 is 4.74 Å². The molecule has 0 saturated carbocycles. The van der Waals surface area contributed by atoms with E-state index in [1.807, 2.05) is 0 Å². The monoisotopic (exact) mass is 156 g/mol. The molecule has 1 aliphatic rings. The summed E-state index contributed by atoms with van der Waals surface area (Å²) in [7, 11) is 0. The fourth-order valence-electron chi connectivity index (χ4n) is 2.17. The molecule has 1 unspecified atom stereocenters. The number of ether oxygens (including phenoxy) is 1. The van der Waals surface area contributed by atoms with Crippen molar-refractivity contribution in [1.82, 2.24) is 0 Å². The Hall–Kier alpha value is -0.0400. The Kier molecular flexibility index (Phi) is 2.58. The lowest BCUT2D eigenvalue weighted by Crippen LogP contribution is -2.34. The molecule has 2 atom stereocenters. The molecule has 1 rings (SSSR count). The number of hydrogen-bond donors (Lipinski definition) is 0. The molecule has 0 spiro atoms. The van der Waals surface area contributed by atoms with Crippen molar-refractivity contribution in [3.05, 3.63) is 0 Å². The van der Waals surface area contributed by atoms with Gasteiger partial charge in [-0.3, -0.25) is 0 Å². The van der Waals surface area contributed by atoms with Crippen LogP contribution in [0, 0.1) is 17.3 Å². The van der Waals surface area contributed by atoms with E-state index in [0.717, 1.165) is 25.0 Å². The topological polar surface area (TPSA) is 9.23 Å². The Balaban J connectivity index is 2.55. The highest BCUT2D eigenvalue weighted by molar-refractivity contribution is 4.80. The van der Waals surface area contributed by atoms with Gasteiger partial charge in [0, 0.05) is 13.2 Å². The molecule has 1 saturated heterocycles. The summed E-state index contributed by atoms with van der Waals surface area (Å²) in [5.41, 5.74) is 0.462. The predicted octanol–water partition coefficient (Wildman–Crippen LogP) is 2.71. The molecule has 11 heavy (non-hydrogen) atoms. The van der Waals surface area contributed by atoms with Crippen LogP contribution in [0.5, 0.6) is 0 Å². The first-order valence-electron chi connectivity index (χ1n) is 4.59. The SMILES string of the molecule is C[C@@H]1COCCC1C(C)(C)C. The van der Waals surface area contributed by atoms with Gasteiger partial charge in [-0.05, 0) is 23.7 Å². The Labute approximate surface area is 70.1 Å². The third-order valence-electron chi connectivity index (χ3n) is 2.75. The van der Waals surface area contributed by atoms with Crippen LogP contribution in [0.1, 0.15) is 34.1 Å². The summed E-state index contributed by atoms with van der Waals surface area (Å²) in [6.45, 7) is 11.2. The van der Waals surface area contributed by atoms with E-state index in [1.165, 1.54) is 6.42 Å². The summed E-state index contributed by atoms with van der Waals surface area (Å²) in [6.07, 6.45) is 1.24. The smallest absolute Gasteiger partial charge is 0.0494 e. The zero-order valence-electron chi connectivity index (χ0n) is 8.18. The second kappa shape index (κ2) is 3.14. The quantitative estimate of drug-likeness (QED) is 0.524. The van der Waals surface area contributed by atoms with E-state index in [9.17, 15) is 0 Å². The predicted molar refractivity (Wildman–Crippen MR) is 47.5 cm³/mol. The lowest BCUT2D eigenvalue weighted by atomic mass is 9.71. The van der Waals surface area contributed by atoms with E-state index >= 15 is 0 Å². The van der Waals surface area contributed by atoms with Gasteiger partial charge in [0.05, 0.1) is 0 Å². The summed E-state index contributed by atoms with van der Waals surface area (Å²) in [5, 5.41) is 0. The van der Waals surface area contributed by atoms with Gasteiger partial charge in [-0.15, -0.1) is 0 Å². The molecule has 0 aromatic rings. The normalized spacial score (nSPS) is 33.8. The molecule has 0 radical (unpaired) electrons. The van der Waals surface area contributed by atoms with Crippen molar-refractivity contribution in [2.75, 3.05) is 13.2 Å². The second-order valence-electron chi connectivity index (χ2n) is 4.81. The third-order valence-corrected chi connectivity index (χ3v) is 2.75. The van der Waals surface area contributed by atoms with Gasteiger partial charge in [0.15, 0.2) is 0 Å². The van der Waals surface area contributed by atoms with Crippen molar-refractivity contribution in [2.45, 2.75) is 34.1 Å². The van der Waals surface area contributed by atoms with Crippen molar-refractivity contribution in [2.24, 2.45) is 17.3 Å². The highest BCUT2D eigenvalue weighted by atomic mass is 16.5. The summed E-state index contributed by atoms with van der Waals surface area (Å²) >= 11 is 0. The molecule has 1 heteroatoms. The molecule has 1 heterocycles. The van der Waals surface area contributed by atoms with Crippen LogP contribution in [-0.4, -0.2) is 13.2 Å². The van der Waals surface area contributed by atoms with Crippen molar-refractivity contribution in [1.29, 1.82) is 0 Å². The molecule has 0 bridgehead atoms. The largest absolute Gasteiger partial charge is 0.381 e. The van der Waals surface area contributed by atoms with Gasteiger partial charge in [0.1, 0.15) is 0 Å². The molecule has 66 valence electrons. The van der Waals surface area contributed by atoms with Crippen molar-refractivity contribution in [3.63, 3.8) is 0 Å². The van der Waals surface area contributed by atoms with Gasteiger partial charge in [-0.1, -0.05) is 27.7 Å². The van der Waals surface area contributed by atoms with Gasteiger partial charge >= 0.3 is 0 Å². The fraction of sp³-hybridized carbons (Fsp3) is 1.00. The van der Waals surface area contributed by atoms with E-state index in [4.69, 9.17) is 4.74 Å². The van der Waals surface area contributed by atoms with E-state index in [2.05, 4.69) is 27.7 Å². The molecule has 0 aliphatic carbocycles. The summed E-state index contributed by atoms with van der Waals surface area (Å²) in [5.74, 6) is 1.58. The minimum atomic E-state index is 0.462. The van der Waals surface area contributed by atoms with E-state index in [0.29, 0.717) is 5.41 Å². The second-order valence-corrected chi connectivity index (χ2v) is 4.81. The van der Waals surface area contributed by atoms with Crippen LogP contribution in [0.15, 0.2) is 0 Å². The van der Waals surface area contributed by atoms with Crippen LogP contribution in [-0.2, 0) is 4.74 Å².